The van der Waals surface area contributed by atoms with Gasteiger partial charge in [-0.15, -0.1) is 0 Å². The summed E-state index contributed by atoms with van der Waals surface area (Å²) in [7, 11) is 0. The predicted molar refractivity (Wildman–Crippen MR) is 74.6 cm³/mol. The highest BCUT2D eigenvalue weighted by atomic mass is 35.5. The predicted octanol–water partition coefficient (Wildman–Crippen LogP) is 3.76. The summed E-state index contributed by atoms with van der Waals surface area (Å²) >= 11 is 12.2. The summed E-state index contributed by atoms with van der Waals surface area (Å²) in [5.74, 6) is 2.03. The first kappa shape index (κ1) is 12.6. The first-order valence-electron chi connectivity index (χ1n) is 6.57. The van der Waals surface area contributed by atoms with Crippen LogP contribution in [0.25, 0.3) is 0 Å². The van der Waals surface area contributed by atoms with E-state index in [0.717, 1.165) is 18.8 Å². The van der Waals surface area contributed by atoms with Crippen molar-refractivity contribution in [3.8, 4) is 5.75 Å². The van der Waals surface area contributed by atoms with Crippen molar-refractivity contribution in [2.24, 2.45) is 11.8 Å². The van der Waals surface area contributed by atoms with Crippen LogP contribution in [0.5, 0.6) is 5.75 Å². The molecule has 1 aromatic rings. The third kappa shape index (κ3) is 2.61. The molecule has 3 rings (SSSR count). The molecule has 0 amide bonds. The average Bonchev–Trinajstić information content (AvgIpc) is 3.06. The van der Waals surface area contributed by atoms with E-state index in [1.807, 2.05) is 12.1 Å². The van der Waals surface area contributed by atoms with Crippen molar-refractivity contribution in [3.63, 3.8) is 0 Å². The zero-order valence-electron chi connectivity index (χ0n) is 10.2. The molecule has 1 heterocycles. The van der Waals surface area contributed by atoms with Crippen molar-refractivity contribution in [2.45, 2.75) is 25.4 Å². The van der Waals surface area contributed by atoms with Crippen LogP contribution in [0.4, 0.5) is 0 Å². The first-order chi connectivity index (χ1) is 8.75. The van der Waals surface area contributed by atoms with Crippen molar-refractivity contribution in [1.29, 1.82) is 0 Å². The number of halogens is 2. The second-order valence-electron chi connectivity index (χ2n) is 5.22. The summed E-state index contributed by atoms with van der Waals surface area (Å²) in [6.07, 6.45) is 4.04. The summed E-state index contributed by atoms with van der Waals surface area (Å²) in [6.45, 7) is 2.15. The average molecular weight is 286 g/mol. The molecule has 98 valence electrons. The second kappa shape index (κ2) is 5.28. The number of hydrogen-bond acceptors (Lipinski definition) is 2. The number of hydrogen-bond donors (Lipinski definition) is 1. The summed E-state index contributed by atoms with van der Waals surface area (Å²) in [5.41, 5.74) is 0. The lowest BCUT2D eigenvalue weighted by Gasteiger charge is -2.25. The van der Waals surface area contributed by atoms with Crippen molar-refractivity contribution in [3.05, 3.63) is 28.2 Å². The SMILES string of the molecule is Clc1cccc(O[C@@H](C2CC2)[C@H]2CCNC2)c1Cl. The Morgan fingerprint density at radius 1 is 1.17 bits per heavy atom. The summed E-state index contributed by atoms with van der Waals surface area (Å²) in [6, 6.07) is 5.59. The van der Waals surface area contributed by atoms with E-state index >= 15 is 0 Å². The standard InChI is InChI=1S/C14H17Cl2NO/c15-11-2-1-3-12(13(11)16)18-14(9-4-5-9)10-6-7-17-8-10/h1-3,9-10,14,17H,4-8H2/t10-,14-/m0/s1. The van der Waals surface area contributed by atoms with Gasteiger partial charge in [0.1, 0.15) is 16.9 Å². The zero-order valence-corrected chi connectivity index (χ0v) is 11.7. The molecule has 1 saturated heterocycles. The van der Waals surface area contributed by atoms with Gasteiger partial charge in [0.15, 0.2) is 0 Å². The summed E-state index contributed by atoms with van der Waals surface area (Å²) in [4.78, 5) is 0. The Kier molecular flexibility index (Phi) is 3.69. The molecule has 0 spiro atoms. The fourth-order valence-corrected chi connectivity index (χ4v) is 3.02. The van der Waals surface area contributed by atoms with E-state index < -0.39 is 0 Å². The van der Waals surface area contributed by atoms with Crippen LogP contribution in [0, 0.1) is 11.8 Å². The van der Waals surface area contributed by atoms with Crippen LogP contribution in [0.1, 0.15) is 19.3 Å². The van der Waals surface area contributed by atoms with Crippen molar-refractivity contribution in [1.82, 2.24) is 5.32 Å². The van der Waals surface area contributed by atoms with Crippen LogP contribution in [0.3, 0.4) is 0 Å². The minimum Gasteiger partial charge on any atom is -0.488 e. The first-order valence-corrected chi connectivity index (χ1v) is 7.32. The molecule has 0 aromatic heterocycles. The normalized spacial score (nSPS) is 25.1. The van der Waals surface area contributed by atoms with Crippen LogP contribution in [-0.2, 0) is 0 Å². The summed E-state index contributed by atoms with van der Waals surface area (Å²) < 4.78 is 6.18. The third-order valence-corrected chi connectivity index (χ3v) is 4.63. The van der Waals surface area contributed by atoms with Gasteiger partial charge in [0.05, 0.1) is 5.02 Å². The van der Waals surface area contributed by atoms with E-state index in [0.29, 0.717) is 21.9 Å². The Labute approximate surface area is 118 Å². The molecule has 0 radical (unpaired) electrons. The maximum Gasteiger partial charge on any atom is 0.139 e. The molecule has 18 heavy (non-hydrogen) atoms. The van der Waals surface area contributed by atoms with Gasteiger partial charge in [0, 0.05) is 12.5 Å². The van der Waals surface area contributed by atoms with Crippen molar-refractivity contribution >= 4 is 23.2 Å². The number of rotatable bonds is 4. The van der Waals surface area contributed by atoms with Crippen LogP contribution in [0.2, 0.25) is 10.0 Å². The van der Waals surface area contributed by atoms with Crippen molar-refractivity contribution < 1.29 is 4.74 Å². The number of benzene rings is 1. The Morgan fingerprint density at radius 3 is 2.67 bits per heavy atom. The van der Waals surface area contributed by atoms with E-state index in [-0.39, 0.29) is 6.10 Å². The number of nitrogens with one attached hydrogen (secondary N) is 1. The van der Waals surface area contributed by atoms with E-state index in [1.165, 1.54) is 19.3 Å². The second-order valence-corrected chi connectivity index (χ2v) is 6.01. The molecule has 1 N–H and O–H groups in total. The Bertz CT molecular complexity index is 428. The number of ether oxygens (including phenoxy) is 1. The summed E-state index contributed by atoms with van der Waals surface area (Å²) in [5, 5.41) is 4.51. The minimum absolute atomic E-state index is 0.288. The molecule has 2 atom stereocenters. The molecular weight excluding hydrogens is 269 g/mol. The Hall–Kier alpha value is -0.440. The molecule has 2 fully saturated rings. The van der Waals surface area contributed by atoms with Crippen LogP contribution in [-0.4, -0.2) is 19.2 Å². The molecule has 1 saturated carbocycles. The van der Waals surface area contributed by atoms with Gasteiger partial charge in [-0.3, -0.25) is 0 Å². The Balaban J connectivity index is 1.77. The fourth-order valence-electron chi connectivity index (χ4n) is 2.68. The molecule has 0 unspecified atom stereocenters. The maximum absolute atomic E-state index is 6.20. The molecule has 1 aliphatic carbocycles. The van der Waals surface area contributed by atoms with Gasteiger partial charge in [-0.1, -0.05) is 29.3 Å². The topological polar surface area (TPSA) is 21.3 Å². The molecular formula is C14H17Cl2NO. The van der Waals surface area contributed by atoms with Gasteiger partial charge < -0.3 is 10.1 Å². The molecule has 2 nitrogen and oxygen atoms in total. The van der Waals surface area contributed by atoms with Crippen LogP contribution >= 0.6 is 23.2 Å². The quantitative estimate of drug-likeness (QED) is 0.910. The van der Waals surface area contributed by atoms with E-state index in [1.54, 1.807) is 6.07 Å². The highest BCUT2D eigenvalue weighted by Crippen LogP contribution is 2.41. The van der Waals surface area contributed by atoms with Crippen LogP contribution < -0.4 is 10.1 Å². The molecule has 1 aromatic carbocycles. The molecule has 4 heteroatoms. The smallest absolute Gasteiger partial charge is 0.139 e. The zero-order chi connectivity index (χ0) is 12.5. The van der Waals surface area contributed by atoms with Gasteiger partial charge in [0.25, 0.3) is 0 Å². The highest BCUT2D eigenvalue weighted by Gasteiger charge is 2.39. The van der Waals surface area contributed by atoms with Crippen LogP contribution in [0.15, 0.2) is 18.2 Å². The molecule has 2 aliphatic rings. The highest BCUT2D eigenvalue weighted by molar-refractivity contribution is 6.42. The molecule has 1 aliphatic heterocycles. The molecule has 0 bridgehead atoms. The monoisotopic (exact) mass is 285 g/mol. The van der Waals surface area contributed by atoms with Gasteiger partial charge in [-0.05, 0) is 43.9 Å². The third-order valence-electron chi connectivity index (χ3n) is 3.83. The lowest BCUT2D eigenvalue weighted by Crippen LogP contribution is -2.30. The minimum atomic E-state index is 0.288. The maximum atomic E-state index is 6.20. The van der Waals surface area contributed by atoms with E-state index in [4.69, 9.17) is 27.9 Å². The van der Waals surface area contributed by atoms with Gasteiger partial charge in [0.2, 0.25) is 0 Å². The van der Waals surface area contributed by atoms with Gasteiger partial charge >= 0.3 is 0 Å². The van der Waals surface area contributed by atoms with Gasteiger partial charge in [-0.25, -0.2) is 0 Å². The van der Waals surface area contributed by atoms with Gasteiger partial charge in [-0.2, -0.15) is 0 Å². The van der Waals surface area contributed by atoms with E-state index in [2.05, 4.69) is 5.32 Å². The largest absolute Gasteiger partial charge is 0.488 e. The lowest BCUT2D eigenvalue weighted by molar-refractivity contribution is 0.121. The Morgan fingerprint density at radius 2 is 2.00 bits per heavy atom. The van der Waals surface area contributed by atoms with Crippen molar-refractivity contribution in [2.75, 3.05) is 13.1 Å². The lowest BCUT2D eigenvalue weighted by atomic mass is 9.97. The fraction of sp³-hybridized carbons (Fsp3) is 0.571. The van der Waals surface area contributed by atoms with E-state index in [9.17, 15) is 0 Å².